The monoisotopic (exact) mass is 291 g/mol. The van der Waals surface area contributed by atoms with Crippen molar-refractivity contribution in [2.24, 2.45) is 5.73 Å². The zero-order chi connectivity index (χ0) is 15.3. The number of ether oxygens (including phenoxy) is 1. The Balaban J connectivity index is 2.87. The molecule has 112 valence electrons. The normalized spacial score (nSPS) is 11.7. The second-order valence-corrected chi connectivity index (χ2v) is 4.37. The van der Waals surface area contributed by atoms with Crippen molar-refractivity contribution in [1.29, 1.82) is 0 Å². The van der Waals surface area contributed by atoms with Crippen molar-refractivity contribution in [3.63, 3.8) is 0 Å². The van der Waals surface area contributed by atoms with Gasteiger partial charge in [-0.05, 0) is 12.1 Å². The van der Waals surface area contributed by atoms with Crippen LogP contribution in [0.3, 0.4) is 0 Å². The molecule has 0 aliphatic heterocycles. The molecule has 1 amide bonds. The predicted molar refractivity (Wildman–Crippen MR) is 66.4 cm³/mol. The summed E-state index contributed by atoms with van der Waals surface area (Å²) in [6.07, 6.45) is -4.61. The van der Waals surface area contributed by atoms with Crippen molar-refractivity contribution >= 4 is 5.91 Å². The van der Waals surface area contributed by atoms with Crippen molar-refractivity contribution in [3.8, 4) is 5.88 Å². The molecular weight excluding hydrogens is 275 g/mol. The van der Waals surface area contributed by atoms with Crippen LogP contribution >= 0.6 is 0 Å². The Morgan fingerprint density at radius 1 is 1.45 bits per heavy atom. The van der Waals surface area contributed by atoms with Crippen molar-refractivity contribution in [1.82, 2.24) is 10.3 Å². The van der Waals surface area contributed by atoms with Gasteiger partial charge in [-0.2, -0.15) is 13.2 Å². The number of nitrogens with two attached hydrogens (primary N) is 1. The van der Waals surface area contributed by atoms with Gasteiger partial charge in [-0.25, -0.2) is 4.98 Å². The second-order valence-electron chi connectivity index (χ2n) is 4.37. The van der Waals surface area contributed by atoms with Crippen molar-refractivity contribution < 1.29 is 22.7 Å². The van der Waals surface area contributed by atoms with Crippen LogP contribution in [0.4, 0.5) is 13.2 Å². The fraction of sp³-hybridized carbons (Fsp3) is 0.500. The number of nitrogens with zero attached hydrogens (tertiary/aromatic N) is 1. The van der Waals surface area contributed by atoms with Gasteiger partial charge < -0.3 is 15.8 Å². The first-order valence-corrected chi connectivity index (χ1v) is 5.96. The highest BCUT2D eigenvalue weighted by molar-refractivity contribution is 5.95. The topological polar surface area (TPSA) is 77.2 Å². The van der Waals surface area contributed by atoms with E-state index in [4.69, 9.17) is 10.5 Å². The first-order chi connectivity index (χ1) is 9.21. The van der Waals surface area contributed by atoms with Gasteiger partial charge in [0.15, 0.2) is 0 Å². The number of halogens is 3. The summed E-state index contributed by atoms with van der Waals surface area (Å²) in [5.41, 5.74) is 3.76. The highest BCUT2D eigenvalue weighted by Gasteiger charge is 2.33. The summed E-state index contributed by atoms with van der Waals surface area (Å²) < 4.78 is 42.8. The van der Waals surface area contributed by atoms with Gasteiger partial charge in [-0.15, -0.1) is 0 Å². The lowest BCUT2D eigenvalue weighted by Gasteiger charge is -2.13. The molecule has 0 aromatic carbocycles. The highest BCUT2D eigenvalue weighted by Crippen LogP contribution is 2.30. The number of pyridine rings is 1. The second kappa shape index (κ2) is 6.56. The molecule has 20 heavy (non-hydrogen) atoms. The van der Waals surface area contributed by atoms with E-state index in [1.165, 1.54) is 0 Å². The van der Waals surface area contributed by atoms with Crippen LogP contribution in [0.1, 0.15) is 29.9 Å². The lowest BCUT2D eigenvalue weighted by Crippen LogP contribution is -2.28. The van der Waals surface area contributed by atoms with Crippen molar-refractivity contribution in [2.75, 3.05) is 13.2 Å². The molecule has 1 rings (SSSR count). The smallest absolute Gasteiger partial charge is 0.433 e. The Bertz CT molecular complexity index is 476. The van der Waals surface area contributed by atoms with Gasteiger partial charge in [0.1, 0.15) is 17.9 Å². The van der Waals surface area contributed by atoms with Gasteiger partial charge in [0.2, 0.25) is 5.88 Å². The molecule has 0 saturated heterocycles. The maximum atomic E-state index is 12.5. The number of rotatable bonds is 6. The van der Waals surface area contributed by atoms with Gasteiger partial charge in [-0.1, -0.05) is 13.8 Å². The molecule has 0 aliphatic rings. The summed E-state index contributed by atoms with van der Waals surface area (Å²) in [6.45, 7) is 4.31. The molecule has 8 heteroatoms. The van der Waals surface area contributed by atoms with E-state index in [0.29, 0.717) is 12.6 Å². The number of hydrogen-bond donors (Lipinski definition) is 2. The van der Waals surface area contributed by atoms with Crippen LogP contribution < -0.4 is 15.8 Å². The number of nitrogens with one attached hydrogen (secondary N) is 1. The summed E-state index contributed by atoms with van der Waals surface area (Å²) in [5, 5.41) is 3.02. The van der Waals surface area contributed by atoms with Crippen LogP contribution in [0, 0.1) is 0 Å². The summed E-state index contributed by atoms with van der Waals surface area (Å²) in [6, 6.07) is 1.87. The van der Waals surface area contributed by atoms with Crippen LogP contribution in [0.5, 0.6) is 5.88 Å². The molecule has 3 N–H and O–H groups in total. The summed E-state index contributed by atoms with van der Waals surface area (Å²) in [7, 11) is 0. The number of alkyl halides is 3. The van der Waals surface area contributed by atoms with E-state index in [2.05, 4.69) is 10.3 Å². The Hall–Kier alpha value is -1.83. The molecule has 0 radical (unpaired) electrons. The zero-order valence-electron chi connectivity index (χ0n) is 11.1. The maximum absolute atomic E-state index is 12.5. The molecule has 0 atom stereocenters. The molecule has 0 spiro atoms. The van der Waals surface area contributed by atoms with Crippen LogP contribution in [0.25, 0.3) is 0 Å². The maximum Gasteiger partial charge on any atom is 0.433 e. The van der Waals surface area contributed by atoms with E-state index >= 15 is 0 Å². The fourth-order valence-corrected chi connectivity index (χ4v) is 1.39. The summed E-state index contributed by atoms with van der Waals surface area (Å²) in [4.78, 5) is 14.4. The molecule has 1 aromatic rings. The highest BCUT2D eigenvalue weighted by atomic mass is 19.4. The van der Waals surface area contributed by atoms with Gasteiger partial charge in [0.05, 0.1) is 0 Å². The van der Waals surface area contributed by atoms with Gasteiger partial charge >= 0.3 is 6.18 Å². The number of primary amides is 1. The van der Waals surface area contributed by atoms with E-state index in [-0.39, 0.29) is 18.2 Å². The van der Waals surface area contributed by atoms with Crippen LogP contribution in [0.15, 0.2) is 12.1 Å². The predicted octanol–water partition coefficient (Wildman–Crippen LogP) is 1.58. The third-order valence-corrected chi connectivity index (χ3v) is 2.31. The van der Waals surface area contributed by atoms with Crippen LogP contribution in [0.2, 0.25) is 0 Å². The number of carbonyl (C=O) groups is 1. The minimum atomic E-state index is -4.61. The first-order valence-electron chi connectivity index (χ1n) is 5.96. The minimum Gasteiger partial charge on any atom is -0.476 e. The molecular formula is C12H16F3N3O2. The lowest BCUT2D eigenvalue weighted by molar-refractivity contribution is -0.141. The van der Waals surface area contributed by atoms with Gasteiger partial charge in [0, 0.05) is 12.6 Å². The van der Waals surface area contributed by atoms with Crippen LogP contribution in [-0.4, -0.2) is 30.1 Å². The Kier molecular flexibility index (Phi) is 5.32. The standard InChI is InChI=1S/C12H16F3N3O2/c1-7(2)17-5-6-20-11-8(10(16)19)3-4-9(18-11)12(13,14)15/h3-4,7,17H,5-6H2,1-2H3,(H2,16,19). The Labute approximate surface area is 114 Å². The van der Waals surface area contributed by atoms with E-state index in [1.807, 2.05) is 13.8 Å². The van der Waals surface area contributed by atoms with Gasteiger partial charge in [-0.3, -0.25) is 4.79 Å². The number of aromatic nitrogens is 1. The third-order valence-electron chi connectivity index (χ3n) is 2.31. The minimum absolute atomic E-state index is 0.0762. The molecule has 0 fully saturated rings. The Morgan fingerprint density at radius 3 is 2.60 bits per heavy atom. The van der Waals surface area contributed by atoms with E-state index < -0.39 is 23.7 Å². The average Bonchev–Trinajstić information content (AvgIpc) is 2.32. The van der Waals surface area contributed by atoms with Gasteiger partial charge in [0.25, 0.3) is 5.91 Å². The molecule has 0 saturated carbocycles. The van der Waals surface area contributed by atoms with E-state index in [1.54, 1.807) is 0 Å². The largest absolute Gasteiger partial charge is 0.476 e. The summed E-state index contributed by atoms with van der Waals surface area (Å²) >= 11 is 0. The zero-order valence-corrected chi connectivity index (χ0v) is 11.1. The molecule has 1 aromatic heterocycles. The Morgan fingerprint density at radius 2 is 2.10 bits per heavy atom. The van der Waals surface area contributed by atoms with Crippen molar-refractivity contribution in [2.45, 2.75) is 26.1 Å². The number of hydrogen-bond acceptors (Lipinski definition) is 4. The quantitative estimate of drug-likeness (QED) is 0.780. The SMILES string of the molecule is CC(C)NCCOc1nc(C(F)(F)F)ccc1C(N)=O. The summed E-state index contributed by atoms with van der Waals surface area (Å²) in [5.74, 6) is -1.30. The van der Waals surface area contributed by atoms with E-state index in [9.17, 15) is 18.0 Å². The number of carbonyl (C=O) groups excluding carboxylic acids is 1. The van der Waals surface area contributed by atoms with E-state index in [0.717, 1.165) is 6.07 Å². The van der Waals surface area contributed by atoms with Crippen LogP contribution in [-0.2, 0) is 6.18 Å². The molecule has 0 bridgehead atoms. The fourth-order valence-electron chi connectivity index (χ4n) is 1.39. The first kappa shape index (κ1) is 16.2. The molecule has 5 nitrogen and oxygen atoms in total. The lowest BCUT2D eigenvalue weighted by atomic mass is 10.2. The molecule has 0 unspecified atom stereocenters. The molecule has 0 aliphatic carbocycles. The third kappa shape index (κ3) is 4.69. The average molecular weight is 291 g/mol. The van der Waals surface area contributed by atoms with Crippen molar-refractivity contribution in [3.05, 3.63) is 23.4 Å². The molecule has 1 heterocycles. The number of amides is 1.